The summed E-state index contributed by atoms with van der Waals surface area (Å²) in [6.07, 6.45) is -2.01. The maximum atomic E-state index is 12.7. The van der Waals surface area contributed by atoms with Gasteiger partial charge in [-0.3, -0.25) is 4.79 Å². The Balaban J connectivity index is 2.01. The number of hydrogen-bond acceptors (Lipinski definition) is 5. The number of ether oxygens (including phenoxy) is 2. The van der Waals surface area contributed by atoms with Crippen molar-refractivity contribution in [2.45, 2.75) is 58.7 Å². The van der Waals surface area contributed by atoms with Gasteiger partial charge in [-0.25, -0.2) is 4.79 Å². The highest BCUT2D eigenvalue weighted by molar-refractivity contribution is 5.96. The van der Waals surface area contributed by atoms with Crippen LogP contribution in [0.15, 0.2) is 29.8 Å². The van der Waals surface area contributed by atoms with Gasteiger partial charge in [-0.15, -0.1) is 0 Å². The molecule has 2 rings (SSSR count). The fraction of sp³-hybridized carbons (Fsp3) is 0.565. The molecule has 0 amide bonds. The Kier molecular flexibility index (Phi) is 7.57. The van der Waals surface area contributed by atoms with Crippen molar-refractivity contribution >= 4 is 18.0 Å². The first-order valence-corrected chi connectivity index (χ1v) is 10.1. The molecule has 1 fully saturated rings. The molecule has 0 radical (unpaired) electrons. The molecule has 0 spiro atoms. The van der Waals surface area contributed by atoms with Gasteiger partial charge in [-0.1, -0.05) is 39.8 Å². The first-order chi connectivity index (χ1) is 14.2. The molecule has 1 aromatic carbocycles. The molecule has 0 aromatic heterocycles. The summed E-state index contributed by atoms with van der Waals surface area (Å²) >= 11 is 0. The van der Waals surface area contributed by atoms with Crippen LogP contribution in [0.25, 0.3) is 6.08 Å². The lowest BCUT2D eigenvalue weighted by molar-refractivity contribution is -0.166. The van der Waals surface area contributed by atoms with Crippen LogP contribution >= 0.6 is 0 Å². The smallest absolute Gasteiger partial charge is 0.416 e. The first-order valence-electron chi connectivity index (χ1n) is 10.1. The number of aliphatic hydroxyl groups excluding tert-OH is 1. The van der Waals surface area contributed by atoms with Crippen LogP contribution in [0.4, 0.5) is 13.2 Å². The van der Waals surface area contributed by atoms with Crippen LogP contribution in [0.3, 0.4) is 0 Å². The summed E-state index contributed by atoms with van der Waals surface area (Å²) in [5.41, 5.74) is -1.53. The highest BCUT2D eigenvalue weighted by atomic mass is 19.4. The summed E-state index contributed by atoms with van der Waals surface area (Å²) in [7, 11) is 0. The molecule has 1 saturated heterocycles. The minimum Gasteiger partial charge on any atom is -0.461 e. The second-order valence-corrected chi connectivity index (χ2v) is 9.43. The van der Waals surface area contributed by atoms with Gasteiger partial charge in [-0.2, -0.15) is 13.2 Å². The predicted molar refractivity (Wildman–Crippen MR) is 109 cm³/mol. The lowest BCUT2D eigenvalue weighted by atomic mass is 9.84. The summed E-state index contributed by atoms with van der Waals surface area (Å²) in [6.45, 7) is 7.36. The molecule has 5 nitrogen and oxygen atoms in total. The summed E-state index contributed by atoms with van der Waals surface area (Å²) in [5, 5.41) is 9.77. The topological polar surface area (TPSA) is 72.8 Å². The first kappa shape index (κ1) is 24.9. The molecule has 1 N–H and O–H groups in total. The molecule has 2 unspecified atom stereocenters. The third-order valence-electron chi connectivity index (χ3n) is 4.92. The van der Waals surface area contributed by atoms with Crippen LogP contribution in [-0.4, -0.2) is 35.9 Å². The SMILES string of the molecule is CC(CC(=O)OCC1(CO)C/C(=C\c2ccc(C(F)(F)F)cc2)C(=O)O1)CC(C)(C)C. The molecule has 172 valence electrons. The number of halogens is 3. The van der Waals surface area contributed by atoms with E-state index in [1.807, 2.05) is 6.92 Å². The Bertz CT molecular complexity index is 821. The molecule has 0 bridgehead atoms. The quantitative estimate of drug-likeness (QED) is 0.486. The monoisotopic (exact) mass is 442 g/mol. The zero-order valence-corrected chi connectivity index (χ0v) is 18.2. The van der Waals surface area contributed by atoms with Crippen LogP contribution in [0.1, 0.15) is 58.1 Å². The van der Waals surface area contributed by atoms with E-state index in [1.54, 1.807) is 0 Å². The fourth-order valence-corrected chi connectivity index (χ4v) is 3.68. The molecule has 8 heteroatoms. The summed E-state index contributed by atoms with van der Waals surface area (Å²) in [6, 6.07) is 4.34. The normalized spacial score (nSPS) is 21.8. The Morgan fingerprint density at radius 2 is 1.87 bits per heavy atom. The number of hydrogen-bond donors (Lipinski definition) is 1. The number of alkyl halides is 3. The highest BCUT2D eigenvalue weighted by Gasteiger charge is 2.44. The van der Waals surface area contributed by atoms with Gasteiger partial charge in [0.15, 0.2) is 5.60 Å². The maximum absolute atomic E-state index is 12.7. The van der Waals surface area contributed by atoms with E-state index in [0.717, 1.165) is 18.6 Å². The summed E-state index contributed by atoms with van der Waals surface area (Å²) in [5.74, 6) is -1.04. The van der Waals surface area contributed by atoms with Crippen molar-refractivity contribution in [3.8, 4) is 0 Å². The van der Waals surface area contributed by atoms with E-state index in [2.05, 4.69) is 20.8 Å². The van der Waals surface area contributed by atoms with Gasteiger partial charge in [0, 0.05) is 18.4 Å². The van der Waals surface area contributed by atoms with Crippen molar-refractivity contribution in [2.75, 3.05) is 13.2 Å². The number of carbonyl (C=O) groups excluding carboxylic acids is 2. The molecule has 2 atom stereocenters. The third kappa shape index (κ3) is 7.38. The van der Waals surface area contributed by atoms with Crippen molar-refractivity contribution in [3.63, 3.8) is 0 Å². The largest absolute Gasteiger partial charge is 0.461 e. The van der Waals surface area contributed by atoms with Gasteiger partial charge in [0.25, 0.3) is 0 Å². The van der Waals surface area contributed by atoms with Gasteiger partial charge in [0.05, 0.1) is 12.2 Å². The molecule has 1 aliphatic rings. The average Bonchev–Trinajstić information content (AvgIpc) is 2.94. The summed E-state index contributed by atoms with van der Waals surface area (Å²) in [4.78, 5) is 24.4. The van der Waals surface area contributed by atoms with E-state index >= 15 is 0 Å². The minimum atomic E-state index is -4.45. The standard InChI is InChI=1S/C23H29F3O5/c1-15(11-21(2,3)4)9-19(28)30-14-22(13-27)12-17(20(29)31-22)10-16-5-7-18(8-6-16)23(24,25)26/h5-8,10,15,27H,9,11-14H2,1-4H3/b17-10+. The molecule has 1 heterocycles. The molecule has 0 aliphatic carbocycles. The van der Waals surface area contributed by atoms with Crippen LogP contribution in [-0.2, 0) is 25.2 Å². The van der Waals surface area contributed by atoms with Gasteiger partial charge >= 0.3 is 18.1 Å². The van der Waals surface area contributed by atoms with E-state index in [4.69, 9.17) is 9.47 Å². The van der Waals surface area contributed by atoms with E-state index in [-0.39, 0.29) is 36.4 Å². The maximum Gasteiger partial charge on any atom is 0.416 e. The number of benzene rings is 1. The Labute approximate surface area is 180 Å². The number of esters is 2. The zero-order chi connectivity index (χ0) is 23.4. The molecule has 0 saturated carbocycles. The second kappa shape index (κ2) is 9.42. The number of carbonyl (C=O) groups is 2. The van der Waals surface area contributed by atoms with Crippen molar-refractivity contribution in [3.05, 3.63) is 41.0 Å². The highest BCUT2D eigenvalue weighted by Crippen LogP contribution is 2.34. The van der Waals surface area contributed by atoms with E-state index in [0.29, 0.717) is 5.56 Å². The predicted octanol–water partition coefficient (Wildman–Crippen LogP) is 4.77. The molecular formula is C23H29F3O5. The van der Waals surface area contributed by atoms with Crippen LogP contribution in [0, 0.1) is 11.3 Å². The van der Waals surface area contributed by atoms with E-state index < -0.39 is 35.9 Å². The minimum absolute atomic E-state index is 0.0197. The Hall–Kier alpha value is -2.35. The molecule has 1 aliphatic heterocycles. The Morgan fingerprint density at radius 3 is 2.39 bits per heavy atom. The van der Waals surface area contributed by atoms with Gasteiger partial charge < -0.3 is 14.6 Å². The number of aliphatic hydroxyl groups is 1. The van der Waals surface area contributed by atoms with Crippen LogP contribution in [0.2, 0.25) is 0 Å². The van der Waals surface area contributed by atoms with E-state index in [1.165, 1.54) is 18.2 Å². The second-order valence-electron chi connectivity index (χ2n) is 9.43. The lowest BCUT2D eigenvalue weighted by Gasteiger charge is -2.25. The number of rotatable bonds is 7. The van der Waals surface area contributed by atoms with Gasteiger partial charge in [0.2, 0.25) is 0 Å². The Morgan fingerprint density at radius 1 is 1.26 bits per heavy atom. The molecule has 1 aromatic rings. The van der Waals surface area contributed by atoms with Crippen molar-refractivity contribution in [1.29, 1.82) is 0 Å². The van der Waals surface area contributed by atoms with E-state index in [9.17, 15) is 27.9 Å². The van der Waals surface area contributed by atoms with Gasteiger partial charge in [0.1, 0.15) is 6.61 Å². The van der Waals surface area contributed by atoms with Crippen LogP contribution < -0.4 is 0 Å². The molecular weight excluding hydrogens is 413 g/mol. The zero-order valence-electron chi connectivity index (χ0n) is 18.2. The fourth-order valence-electron chi connectivity index (χ4n) is 3.68. The van der Waals surface area contributed by atoms with Crippen molar-refractivity contribution in [1.82, 2.24) is 0 Å². The van der Waals surface area contributed by atoms with Crippen LogP contribution in [0.5, 0.6) is 0 Å². The van der Waals surface area contributed by atoms with Crippen molar-refractivity contribution < 1.29 is 37.3 Å². The third-order valence-corrected chi connectivity index (χ3v) is 4.92. The average molecular weight is 442 g/mol. The summed E-state index contributed by atoms with van der Waals surface area (Å²) < 4.78 is 48.6. The lowest BCUT2D eigenvalue weighted by Crippen LogP contribution is -2.39. The van der Waals surface area contributed by atoms with Gasteiger partial charge in [-0.05, 0) is 41.5 Å². The molecule has 31 heavy (non-hydrogen) atoms. The number of cyclic esters (lactones) is 1. The van der Waals surface area contributed by atoms with Crippen molar-refractivity contribution in [2.24, 2.45) is 11.3 Å².